The van der Waals surface area contributed by atoms with Gasteiger partial charge in [-0.2, -0.15) is 0 Å². The van der Waals surface area contributed by atoms with Gasteiger partial charge in [0.25, 0.3) is 0 Å². The van der Waals surface area contributed by atoms with Gasteiger partial charge in [0.2, 0.25) is 0 Å². The van der Waals surface area contributed by atoms with Crippen LogP contribution >= 0.6 is 12.4 Å². The summed E-state index contributed by atoms with van der Waals surface area (Å²) in [5.41, 5.74) is 4.17. The Bertz CT molecular complexity index is 1260. The minimum absolute atomic E-state index is 0. The molecule has 0 aliphatic carbocycles. The lowest BCUT2D eigenvalue weighted by Crippen LogP contribution is -2.39. The molecule has 3 aromatic carbocycles. The van der Waals surface area contributed by atoms with Crippen LogP contribution in [0.5, 0.6) is 17.2 Å². The highest BCUT2D eigenvalue weighted by molar-refractivity contribution is 5.89. The second-order valence-corrected chi connectivity index (χ2v) is 9.59. The molecule has 5 nitrogen and oxygen atoms in total. The van der Waals surface area contributed by atoms with Crippen molar-refractivity contribution in [2.24, 2.45) is 0 Å². The molecule has 4 rings (SSSR count). The van der Waals surface area contributed by atoms with Gasteiger partial charge in [0, 0.05) is 47.6 Å². The molecule has 0 aliphatic rings. The number of fused-ring (bicyclic) bond motifs is 1. The third-order valence-corrected chi connectivity index (χ3v) is 6.60. The van der Waals surface area contributed by atoms with Gasteiger partial charge in [0.05, 0.1) is 14.2 Å². The van der Waals surface area contributed by atoms with E-state index in [0.29, 0.717) is 18.7 Å². The maximum atomic E-state index is 6.36. The molecule has 0 fully saturated rings. The minimum Gasteiger partial charge on any atom is -0.497 e. The average Bonchev–Trinajstić information content (AvgIpc) is 3.24. The van der Waals surface area contributed by atoms with E-state index in [1.165, 1.54) is 5.56 Å². The predicted octanol–water partition coefficient (Wildman–Crippen LogP) is 7.63. The molecule has 198 valence electrons. The topological polar surface area (TPSA) is 44.1 Å². The Morgan fingerprint density at radius 3 is 1.95 bits per heavy atom. The Balaban J connectivity index is 0.00000380. The van der Waals surface area contributed by atoms with Crippen molar-refractivity contribution in [2.75, 3.05) is 27.4 Å². The zero-order valence-corrected chi connectivity index (χ0v) is 23.4. The van der Waals surface area contributed by atoms with E-state index in [9.17, 15) is 0 Å². The van der Waals surface area contributed by atoms with E-state index >= 15 is 0 Å². The third-order valence-electron chi connectivity index (χ3n) is 6.60. The monoisotopic (exact) mass is 523 g/mol. The third kappa shape index (κ3) is 6.79. The predicted molar refractivity (Wildman–Crippen MR) is 154 cm³/mol. The van der Waals surface area contributed by atoms with Crippen LogP contribution in [0.4, 0.5) is 0 Å². The summed E-state index contributed by atoms with van der Waals surface area (Å²) in [6.45, 7) is 10.5. The fourth-order valence-corrected chi connectivity index (χ4v) is 4.70. The standard InChI is InChI=1S/C31H37NO4.ClH/c1-21(2)32(22(3)4)17-18-35-26-11-7-23(8-12-26)19-29-28-16-15-27(34-6)20-30(28)36-31(29)24-9-13-25(33-5)14-10-24;/h7-16,20-22H,17-19H2,1-6H3;1H. The van der Waals surface area contributed by atoms with Crippen LogP contribution in [0.15, 0.2) is 71.1 Å². The highest BCUT2D eigenvalue weighted by Gasteiger charge is 2.18. The molecule has 0 spiro atoms. The van der Waals surface area contributed by atoms with E-state index < -0.39 is 0 Å². The number of benzene rings is 3. The molecule has 4 aromatic rings. The van der Waals surface area contributed by atoms with Crippen molar-refractivity contribution in [3.63, 3.8) is 0 Å². The van der Waals surface area contributed by atoms with E-state index in [0.717, 1.165) is 58.1 Å². The van der Waals surface area contributed by atoms with Crippen LogP contribution in [-0.2, 0) is 6.42 Å². The molecular weight excluding hydrogens is 486 g/mol. The first-order valence-electron chi connectivity index (χ1n) is 12.6. The fraction of sp³-hybridized carbons (Fsp3) is 0.355. The van der Waals surface area contributed by atoms with Crippen molar-refractivity contribution < 1.29 is 18.6 Å². The first-order valence-corrected chi connectivity index (χ1v) is 12.6. The summed E-state index contributed by atoms with van der Waals surface area (Å²) in [7, 11) is 3.34. The van der Waals surface area contributed by atoms with E-state index in [2.05, 4.69) is 62.9 Å². The van der Waals surface area contributed by atoms with Crippen LogP contribution in [0.2, 0.25) is 0 Å². The van der Waals surface area contributed by atoms with Gasteiger partial charge in [-0.05, 0) is 81.8 Å². The largest absolute Gasteiger partial charge is 0.497 e. The molecule has 37 heavy (non-hydrogen) atoms. The summed E-state index contributed by atoms with van der Waals surface area (Å²) in [5.74, 6) is 3.35. The summed E-state index contributed by atoms with van der Waals surface area (Å²) < 4.78 is 23.2. The lowest BCUT2D eigenvalue weighted by atomic mass is 9.98. The van der Waals surface area contributed by atoms with Crippen molar-refractivity contribution >= 4 is 23.4 Å². The molecule has 0 N–H and O–H groups in total. The first-order chi connectivity index (χ1) is 17.4. The van der Waals surface area contributed by atoms with E-state index in [1.807, 2.05) is 36.4 Å². The molecule has 0 radical (unpaired) electrons. The van der Waals surface area contributed by atoms with Crippen molar-refractivity contribution in [2.45, 2.75) is 46.2 Å². The second kappa shape index (κ2) is 12.9. The quantitative estimate of drug-likeness (QED) is 0.202. The molecule has 0 amide bonds. The summed E-state index contributed by atoms with van der Waals surface area (Å²) in [6.07, 6.45) is 0.745. The molecule has 0 unspecified atom stereocenters. The highest BCUT2D eigenvalue weighted by Crippen LogP contribution is 2.37. The van der Waals surface area contributed by atoms with Crippen molar-refractivity contribution in [3.8, 4) is 28.6 Å². The Morgan fingerprint density at radius 2 is 1.35 bits per heavy atom. The number of nitrogens with zero attached hydrogens (tertiary/aromatic N) is 1. The Morgan fingerprint density at radius 1 is 0.757 bits per heavy atom. The van der Waals surface area contributed by atoms with Gasteiger partial charge in [-0.25, -0.2) is 0 Å². The second-order valence-electron chi connectivity index (χ2n) is 9.59. The lowest BCUT2D eigenvalue weighted by molar-refractivity contribution is 0.142. The Labute approximate surface area is 226 Å². The van der Waals surface area contributed by atoms with Crippen LogP contribution < -0.4 is 14.2 Å². The van der Waals surface area contributed by atoms with Gasteiger partial charge in [-0.1, -0.05) is 12.1 Å². The van der Waals surface area contributed by atoms with E-state index in [-0.39, 0.29) is 12.4 Å². The van der Waals surface area contributed by atoms with Gasteiger partial charge >= 0.3 is 0 Å². The smallest absolute Gasteiger partial charge is 0.138 e. The molecular formula is C31H38ClNO4. The van der Waals surface area contributed by atoms with Gasteiger partial charge < -0.3 is 18.6 Å². The number of methoxy groups -OCH3 is 2. The number of hydrogen-bond acceptors (Lipinski definition) is 5. The maximum absolute atomic E-state index is 6.36. The van der Waals surface area contributed by atoms with Crippen LogP contribution in [0.3, 0.4) is 0 Å². The molecule has 6 heteroatoms. The summed E-state index contributed by atoms with van der Waals surface area (Å²) in [5, 5.41) is 1.09. The minimum atomic E-state index is 0. The van der Waals surface area contributed by atoms with Crippen molar-refractivity contribution in [1.82, 2.24) is 4.90 Å². The average molecular weight is 524 g/mol. The number of hydrogen-bond donors (Lipinski definition) is 0. The SMILES string of the molecule is COc1ccc(-c2oc3cc(OC)ccc3c2Cc2ccc(OCCN(C(C)C)C(C)C)cc2)cc1.Cl. The van der Waals surface area contributed by atoms with E-state index in [1.54, 1.807) is 14.2 Å². The maximum Gasteiger partial charge on any atom is 0.138 e. The highest BCUT2D eigenvalue weighted by atomic mass is 35.5. The number of halogens is 1. The molecule has 0 atom stereocenters. The van der Waals surface area contributed by atoms with Crippen LogP contribution in [0.1, 0.15) is 38.8 Å². The molecule has 0 bridgehead atoms. The molecule has 0 saturated heterocycles. The van der Waals surface area contributed by atoms with Crippen molar-refractivity contribution in [3.05, 3.63) is 77.9 Å². The fourth-order valence-electron chi connectivity index (χ4n) is 4.70. The number of ether oxygens (including phenoxy) is 3. The van der Waals surface area contributed by atoms with Crippen LogP contribution in [0, 0.1) is 0 Å². The Kier molecular flexibility index (Phi) is 9.90. The lowest BCUT2D eigenvalue weighted by Gasteiger charge is -2.30. The van der Waals surface area contributed by atoms with Crippen LogP contribution in [-0.4, -0.2) is 44.4 Å². The molecule has 0 aliphatic heterocycles. The molecule has 1 aromatic heterocycles. The van der Waals surface area contributed by atoms with Gasteiger partial charge in [-0.15, -0.1) is 12.4 Å². The normalized spacial score (nSPS) is 11.3. The summed E-state index contributed by atoms with van der Waals surface area (Å²) in [6, 6.07) is 23.4. The van der Waals surface area contributed by atoms with Gasteiger partial charge in [0.15, 0.2) is 0 Å². The molecule has 1 heterocycles. The Hall–Kier alpha value is -3.15. The summed E-state index contributed by atoms with van der Waals surface area (Å²) >= 11 is 0. The molecule has 0 saturated carbocycles. The van der Waals surface area contributed by atoms with Gasteiger partial charge in [0.1, 0.15) is 35.2 Å². The number of rotatable bonds is 11. The van der Waals surface area contributed by atoms with E-state index in [4.69, 9.17) is 18.6 Å². The number of furan rings is 1. The van der Waals surface area contributed by atoms with Gasteiger partial charge in [-0.3, -0.25) is 4.90 Å². The zero-order chi connectivity index (χ0) is 25.7. The van der Waals surface area contributed by atoms with Crippen LogP contribution in [0.25, 0.3) is 22.3 Å². The zero-order valence-electron chi connectivity index (χ0n) is 22.6. The first kappa shape index (κ1) is 28.4. The summed E-state index contributed by atoms with van der Waals surface area (Å²) in [4.78, 5) is 2.44. The van der Waals surface area contributed by atoms with Crippen molar-refractivity contribution in [1.29, 1.82) is 0 Å².